The van der Waals surface area contributed by atoms with Crippen molar-refractivity contribution in [2.45, 2.75) is 64.2 Å². The number of thiophene rings is 1. The highest BCUT2D eigenvalue weighted by atomic mass is 32.1. The number of ether oxygens (including phenoxy) is 3. The Balaban J connectivity index is 1.49. The van der Waals surface area contributed by atoms with Crippen LogP contribution in [0.25, 0.3) is 0 Å². The lowest BCUT2D eigenvalue weighted by atomic mass is 9.54. The molecule has 3 aliphatic carbocycles. The summed E-state index contributed by atoms with van der Waals surface area (Å²) in [5, 5.41) is 3.04. The minimum absolute atomic E-state index is 0.107. The van der Waals surface area contributed by atoms with Gasteiger partial charge >= 0.3 is 17.8 Å². The van der Waals surface area contributed by atoms with E-state index in [1.165, 1.54) is 22.5 Å². The number of carbonyl (C=O) groups excluding carboxylic acids is 3. The molecule has 1 aromatic heterocycles. The van der Waals surface area contributed by atoms with Gasteiger partial charge < -0.3 is 19.5 Å². The maximum atomic E-state index is 13.2. The molecule has 36 heavy (non-hydrogen) atoms. The maximum absolute atomic E-state index is 13.2. The van der Waals surface area contributed by atoms with Crippen molar-refractivity contribution in [1.29, 1.82) is 0 Å². The molecule has 8 heteroatoms. The molecule has 3 aliphatic rings. The van der Waals surface area contributed by atoms with Gasteiger partial charge in [-0.2, -0.15) is 0 Å². The summed E-state index contributed by atoms with van der Waals surface area (Å²) in [7, 11) is 1.71. The lowest BCUT2D eigenvalue weighted by Crippen LogP contribution is -2.43. The molecule has 4 atom stereocenters. The predicted octanol–water partition coefficient (Wildman–Crippen LogP) is 5.01. The number of hydrogen-bond donors (Lipinski definition) is 1. The molecule has 0 aliphatic heterocycles. The molecule has 2 aromatic rings. The molecule has 1 N–H and O–H groups in total. The molecule has 1 fully saturated rings. The second kappa shape index (κ2) is 9.54. The second-order valence-corrected chi connectivity index (χ2v) is 11.2. The predicted molar refractivity (Wildman–Crippen MR) is 137 cm³/mol. The van der Waals surface area contributed by atoms with Crippen LogP contribution >= 0.6 is 11.3 Å². The summed E-state index contributed by atoms with van der Waals surface area (Å²) in [5.74, 6) is 0.0787. The van der Waals surface area contributed by atoms with Crippen LogP contribution in [-0.4, -0.2) is 38.2 Å². The summed E-state index contributed by atoms with van der Waals surface area (Å²) in [6.45, 7) is 6.03. The van der Waals surface area contributed by atoms with E-state index in [2.05, 4.69) is 30.4 Å². The van der Waals surface area contributed by atoms with Crippen molar-refractivity contribution in [1.82, 2.24) is 0 Å². The van der Waals surface area contributed by atoms with Crippen molar-refractivity contribution in [2.75, 3.05) is 25.6 Å². The first-order valence-electron chi connectivity index (χ1n) is 12.8. The average molecular weight is 512 g/mol. The van der Waals surface area contributed by atoms with Crippen LogP contribution in [0.2, 0.25) is 0 Å². The molecule has 0 radical (unpaired) electrons. The van der Waals surface area contributed by atoms with Crippen LogP contribution in [0.5, 0.6) is 5.75 Å². The van der Waals surface area contributed by atoms with E-state index in [1.54, 1.807) is 21.0 Å². The highest BCUT2D eigenvalue weighted by Gasteiger charge is 2.55. The molecule has 192 valence electrons. The average Bonchev–Trinajstić information content (AvgIpc) is 3.37. The molecule has 5 rings (SSSR count). The smallest absolute Gasteiger partial charge is 0.397 e. The van der Waals surface area contributed by atoms with Gasteiger partial charge in [0.2, 0.25) is 0 Å². The molecule has 7 nitrogen and oxygen atoms in total. The number of benzene rings is 1. The van der Waals surface area contributed by atoms with Gasteiger partial charge in [-0.3, -0.25) is 4.79 Å². The Morgan fingerprint density at radius 2 is 1.92 bits per heavy atom. The van der Waals surface area contributed by atoms with Gasteiger partial charge in [-0.15, -0.1) is 11.3 Å². The van der Waals surface area contributed by atoms with Crippen LogP contribution in [-0.2, 0) is 37.3 Å². The van der Waals surface area contributed by atoms with Gasteiger partial charge in [0.05, 0.1) is 25.9 Å². The van der Waals surface area contributed by atoms with E-state index in [9.17, 15) is 14.4 Å². The number of carbonyl (C=O) groups is 3. The standard InChI is InChI=1S/C28H33NO6S/c1-5-34-26(31)22-23-21(36-25(22)29-24(30)27(32)35-6-2)14-20-19-9-7-15-13-16(33-4)8-10-17(15)18(19)11-12-28(20,23)3/h8,10,13,18-20H,5-7,9,11-12,14H2,1-4H3,(H,29,30). The lowest BCUT2D eigenvalue weighted by Gasteiger charge is -2.49. The van der Waals surface area contributed by atoms with Gasteiger partial charge in [0.25, 0.3) is 0 Å². The number of fused-ring (bicyclic) bond motifs is 7. The molecule has 1 amide bonds. The zero-order valence-electron chi connectivity index (χ0n) is 21.3. The van der Waals surface area contributed by atoms with E-state index in [0.29, 0.717) is 28.3 Å². The Morgan fingerprint density at radius 1 is 1.14 bits per heavy atom. The molecule has 4 unspecified atom stereocenters. The topological polar surface area (TPSA) is 90.9 Å². The molecular formula is C28H33NO6S. The molecule has 1 aromatic carbocycles. The molecule has 0 spiro atoms. The minimum Gasteiger partial charge on any atom is -0.497 e. The van der Waals surface area contributed by atoms with Gasteiger partial charge in [0, 0.05) is 4.88 Å². The molecule has 1 heterocycles. The van der Waals surface area contributed by atoms with Gasteiger partial charge in [-0.05, 0) is 97.9 Å². The first kappa shape index (κ1) is 24.8. The maximum Gasteiger partial charge on any atom is 0.397 e. The fourth-order valence-corrected chi connectivity index (χ4v) is 8.33. The van der Waals surface area contributed by atoms with Crippen LogP contribution in [0, 0.1) is 11.8 Å². The van der Waals surface area contributed by atoms with E-state index in [0.717, 1.165) is 48.3 Å². The van der Waals surface area contributed by atoms with E-state index < -0.39 is 17.8 Å². The van der Waals surface area contributed by atoms with Gasteiger partial charge in [-0.25, -0.2) is 9.59 Å². The zero-order valence-corrected chi connectivity index (χ0v) is 22.1. The van der Waals surface area contributed by atoms with E-state index in [-0.39, 0.29) is 18.6 Å². The monoisotopic (exact) mass is 511 g/mol. The van der Waals surface area contributed by atoms with Crippen molar-refractivity contribution in [3.8, 4) is 5.75 Å². The van der Waals surface area contributed by atoms with Crippen LogP contribution in [0.4, 0.5) is 5.00 Å². The normalized spacial score (nSPS) is 25.6. The Bertz CT molecular complexity index is 1220. The first-order valence-corrected chi connectivity index (χ1v) is 13.6. The lowest BCUT2D eigenvalue weighted by molar-refractivity contribution is -0.152. The summed E-state index contributed by atoms with van der Waals surface area (Å²) in [4.78, 5) is 38.7. The first-order chi connectivity index (χ1) is 17.3. The Labute approximate surface area is 215 Å². The second-order valence-electron chi connectivity index (χ2n) is 10.1. The molecular weight excluding hydrogens is 478 g/mol. The third kappa shape index (κ3) is 3.90. The third-order valence-electron chi connectivity index (χ3n) is 8.45. The SMILES string of the molecule is CCOC(=O)C(=O)Nc1sc2c(c1C(=O)OCC)C1(C)CCC3c4ccc(OC)cc4CCC3C1C2. The van der Waals surface area contributed by atoms with Gasteiger partial charge in [0.1, 0.15) is 10.8 Å². The van der Waals surface area contributed by atoms with Crippen LogP contribution in [0.3, 0.4) is 0 Å². The quantitative estimate of drug-likeness (QED) is 0.449. The number of methoxy groups -OCH3 is 1. The fraction of sp³-hybridized carbons (Fsp3) is 0.536. The summed E-state index contributed by atoms with van der Waals surface area (Å²) in [6, 6.07) is 6.49. The number of nitrogens with one attached hydrogen (secondary N) is 1. The van der Waals surface area contributed by atoms with Crippen LogP contribution < -0.4 is 10.1 Å². The third-order valence-corrected chi connectivity index (χ3v) is 9.58. The number of anilines is 1. The van der Waals surface area contributed by atoms with E-state index >= 15 is 0 Å². The van der Waals surface area contributed by atoms with Crippen LogP contribution in [0.1, 0.15) is 77.9 Å². The Morgan fingerprint density at radius 3 is 2.64 bits per heavy atom. The van der Waals surface area contributed by atoms with Crippen molar-refractivity contribution in [3.05, 3.63) is 45.3 Å². The van der Waals surface area contributed by atoms with Crippen molar-refractivity contribution >= 4 is 34.2 Å². The number of amides is 1. The van der Waals surface area contributed by atoms with E-state index in [1.807, 2.05) is 0 Å². The minimum atomic E-state index is -0.956. The summed E-state index contributed by atoms with van der Waals surface area (Å²) >= 11 is 1.40. The number of aryl methyl sites for hydroxylation is 1. The summed E-state index contributed by atoms with van der Waals surface area (Å²) in [5.41, 5.74) is 4.07. The van der Waals surface area contributed by atoms with E-state index in [4.69, 9.17) is 14.2 Å². The highest BCUT2D eigenvalue weighted by Crippen LogP contribution is 2.63. The van der Waals surface area contributed by atoms with Crippen molar-refractivity contribution < 1.29 is 28.6 Å². The molecule has 0 saturated heterocycles. The molecule has 0 bridgehead atoms. The molecule has 1 saturated carbocycles. The largest absolute Gasteiger partial charge is 0.497 e. The Hall–Kier alpha value is -2.87. The van der Waals surface area contributed by atoms with Crippen molar-refractivity contribution in [3.63, 3.8) is 0 Å². The number of hydrogen-bond acceptors (Lipinski definition) is 7. The zero-order chi connectivity index (χ0) is 25.6. The number of esters is 2. The van der Waals surface area contributed by atoms with Crippen molar-refractivity contribution in [2.24, 2.45) is 11.8 Å². The summed E-state index contributed by atoms with van der Waals surface area (Å²) < 4.78 is 15.7. The Kier molecular flexibility index (Phi) is 6.57. The van der Waals surface area contributed by atoms with Crippen LogP contribution in [0.15, 0.2) is 18.2 Å². The van der Waals surface area contributed by atoms with Gasteiger partial charge in [0.15, 0.2) is 0 Å². The van der Waals surface area contributed by atoms with Gasteiger partial charge in [-0.1, -0.05) is 13.0 Å². The fourth-order valence-electron chi connectivity index (χ4n) is 6.96. The number of rotatable bonds is 5. The highest BCUT2D eigenvalue weighted by molar-refractivity contribution is 7.17. The summed E-state index contributed by atoms with van der Waals surface area (Å²) in [6.07, 6.45) is 5.00.